The summed E-state index contributed by atoms with van der Waals surface area (Å²) in [5.74, 6) is 2.19. The van der Waals surface area contributed by atoms with Crippen molar-refractivity contribution < 1.29 is 14.3 Å². The van der Waals surface area contributed by atoms with Crippen molar-refractivity contribution in [3.8, 4) is 5.75 Å². The molecule has 0 unspecified atom stereocenters. The minimum Gasteiger partial charge on any atom is -0.495 e. The first-order chi connectivity index (χ1) is 19.6. The number of aliphatic imine (C=N–C) groups is 2. The van der Waals surface area contributed by atoms with E-state index < -0.39 is 12.1 Å². The van der Waals surface area contributed by atoms with Gasteiger partial charge in [0.15, 0.2) is 0 Å². The highest BCUT2D eigenvalue weighted by molar-refractivity contribution is 6.04. The third-order valence-corrected chi connectivity index (χ3v) is 6.33. The van der Waals surface area contributed by atoms with E-state index in [0.29, 0.717) is 28.5 Å². The van der Waals surface area contributed by atoms with Gasteiger partial charge in [0.25, 0.3) is 0 Å². The van der Waals surface area contributed by atoms with Gasteiger partial charge in [-0.25, -0.2) is 9.59 Å². The normalized spacial score (nSPS) is 14.1. The SMILES string of the molecule is COc1ccc(NC(=O)Nc2ccc(C3=NCCCN3)cc2)cc1NC(=O)Nc1ccc(C2=NCCCN2)cc1.Cl. The maximum atomic E-state index is 12.7. The smallest absolute Gasteiger partial charge is 0.323 e. The topological polar surface area (TPSA) is 140 Å². The Labute approximate surface area is 244 Å². The Kier molecular flexibility index (Phi) is 10.0. The maximum Gasteiger partial charge on any atom is 0.323 e. The molecule has 0 fully saturated rings. The molecule has 2 heterocycles. The lowest BCUT2D eigenvalue weighted by Gasteiger charge is -2.16. The van der Waals surface area contributed by atoms with Crippen molar-refractivity contribution in [1.29, 1.82) is 0 Å². The quantitative estimate of drug-likeness (QED) is 0.238. The van der Waals surface area contributed by atoms with E-state index in [1.54, 1.807) is 18.2 Å². The molecular weight excluding hydrogens is 544 g/mol. The summed E-state index contributed by atoms with van der Waals surface area (Å²) in [4.78, 5) is 34.3. The number of ether oxygens (including phenoxy) is 1. The molecule has 0 spiro atoms. The first-order valence-corrected chi connectivity index (χ1v) is 13.2. The molecule has 0 aromatic heterocycles. The number of hydrogen-bond donors (Lipinski definition) is 6. The van der Waals surface area contributed by atoms with Gasteiger partial charge in [-0.2, -0.15) is 0 Å². The molecule has 0 saturated heterocycles. The highest BCUT2D eigenvalue weighted by Crippen LogP contribution is 2.28. The summed E-state index contributed by atoms with van der Waals surface area (Å²) in [6.07, 6.45) is 2.05. The van der Waals surface area contributed by atoms with Crippen molar-refractivity contribution in [2.45, 2.75) is 12.8 Å². The molecule has 2 aliphatic rings. The molecule has 0 atom stereocenters. The van der Waals surface area contributed by atoms with E-state index >= 15 is 0 Å². The van der Waals surface area contributed by atoms with Gasteiger partial charge in [-0.3, -0.25) is 9.98 Å². The summed E-state index contributed by atoms with van der Waals surface area (Å²) < 4.78 is 5.39. The van der Waals surface area contributed by atoms with E-state index in [4.69, 9.17) is 4.74 Å². The van der Waals surface area contributed by atoms with Crippen molar-refractivity contribution in [2.24, 2.45) is 9.98 Å². The van der Waals surface area contributed by atoms with Crippen LogP contribution in [0.1, 0.15) is 24.0 Å². The van der Waals surface area contributed by atoms with Gasteiger partial charge in [-0.1, -0.05) is 0 Å². The molecule has 3 aromatic rings. The number of nitrogens with one attached hydrogen (secondary N) is 6. The van der Waals surface area contributed by atoms with Crippen LogP contribution in [-0.2, 0) is 0 Å². The lowest BCUT2D eigenvalue weighted by Crippen LogP contribution is -2.30. The van der Waals surface area contributed by atoms with Crippen LogP contribution in [0.4, 0.5) is 32.3 Å². The summed E-state index contributed by atoms with van der Waals surface area (Å²) >= 11 is 0. The van der Waals surface area contributed by atoms with Crippen LogP contribution in [-0.4, -0.2) is 57.0 Å². The van der Waals surface area contributed by atoms with E-state index in [9.17, 15) is 9.59 Å². The molecule has 11 nitrogen and oxygen atoms in total. The predicted molar refractivity (Wildman–Crippen MR) is 166 cm³/mol. The molecule has 3 aromatic carbocycles. The lowest BCUT2D eigenvalue weighted by atomic mass is 10.1. The zero-order valence-corrected chi connectivity index (χ0v) is 23.4. The minimum absolute atomic E-state index is 0. The number of amidine groups is 2. The molecule has 12 heteroatoms. The Morgan fingerprint density at radius 3 is 1.61 bits per heavy atom. The van der Waals surface area contributed by atoms with Gasteiger partial charge in [0.2, 0.25) is 0 Å². The molecule has 0 saturated carbocycles. The Morgan fingerprint density at radius 1 is 0.683 bits per heavy atom. The molecule has 4 amide bonds. The third kappa shape index (κ3) is 7.89. The van der Waals surface area contributed by atoms with Crippen LogP contribution < -0.4 is 36.6 Å². The van der Waals surface area contributed by atoms with Gasteiger partial charge in [0.05, 0.1) is 12.8 Å². The van der Waals surface area contributed by atoms with E-state index in [0.717, 1.165) is 61.8 Å². The van der Waals surface area contributed by atoms with E-state index in [2.05, 4.69) is 41.9 Å². The van der Waals surface area contributed by atoms with E-state index in [-0.39, 0.29) is 12.4 Å². The predicted octanol–water partition coefficient (Wildman–Crippen LogP) is 4.88. The summed E-state index contributed by atoms with van der Waals surface area (Å²) in [5, 5.41) is 17.8. The van der Waals surface area contributed by atoms with Crippen LogP contribution in [0.2, 0.25) is 0 Å². The molecule has 214 valence electrons. The van der Waals surface area contributed by atoms with Crippen LogP contribution in [0.5, 0.6) is 5.75 Å². The summed E-state index contributed by atoms with van der Waals surface area (Å²) in [7, 11) is 1.51. The Bertz CT molecular complexity index is 1420. The van der Waals surface area contributed by atoms with Gasteiger partial charge in [-0.15, -0.1) is 12.4 Å². The largest absolute Gasteiger partial charge is 0.495 e. The number of hydrogen-bond acceptors (Lipinski definition) is 7. The van der Waals surface area contributed by atoms with Crippen molar-refractivity contribution in [2.75, 3.05) is 54.6 Å². The molecule has 0 bridgehead atoms. The van der Waals surface area contributed by atoms with Crippen molar-refractivity contribution >= 4 is 58.9 Å². The number of carbonyl (C=O) groups is 2. The summed E-state index contributed by atoms with van der Waals surface area (Å²) in [6, 6.07) is 19.1. The number of benzene rings is 3. The van der Waals surface area contributed by atoms with Crippen molar-refractivity contribution in [3.63, 3.8) is 0 Å². The zero-order chi connectivity index (χ0) is 27.7. The lowest BCUT2D eigenvalue weighted by molar-refractivity contribution is 0.261. The Morgan fingerprint density at radius 2 is 1.15 bits per heavy atom. The van der Waals surface area contributed by atoms with Gasteiger partial charge in [0.1, 0.15) is 17.4 Å². The number of amides is 4. The Balaban J connectivity index is 0.00000387. The summed E-state index contributed by atoms with van der Waals surface area (Å²) in [5.41, 5.74) is 4.10. The number of carbonyl (C=O) groups excluding carboxylic acids is 2. The molecule has 0 radical (unpaired) electrons. The number of urea groups is 2. The second-order valence-corrected chi connectivity index (χ2v) is 9.25. The van der Waals surface area contributed by atoms with Crippen LogP contribution in [0.25, 0.3) is 0 Å². The van der Waals surface area contributed by atoms with Gasteiger partial charge in [0, 0.05) is 54.4 Å². The highest BCUT2D eigenvalue weighted by Gasteiger charge is 2.13. The first-order valence-electron chi connectivity index (χ1n) is 13.2. The second kappa shape index (κ2) is 14.0. The molecule has 5 rings (SSSR count). The highest BCUT2D eigenvalue weighted by atomic mass is 35.5. The third-order valence-electron chi connectivity index (χ3n) is 6.33. The van der Waals surface area contributed by atoms with Gasteiger partial charge >= 0.3 is 12.1 Å². The number of methoxy groups -OCH3 is 1. The first kappa shape index (κ1) is 29.2. The fourth-order valence-corrected chi connectivity index (χ4v) is 4.34. The van der Waals surface area contributed by atoms with Crippen LogP contribution in [0, 0.1) is 0 Å². The average Bonchev–Trinajstić information content (AvgIpc) is 2.99. The molecule has 0 aliphatic carbocycles. The standard InChI is InChI=1S/C29H32N8O3.ClH/c1-40-25-13-12-23(36-28(38)34-21-8-4-19(5-9-21)26-30-14-2-15-31-26)18-24(25)37-29(39)35-22-10-6-20(7-11-22)27-32-16-3-17-33-27;/h4-13,18H,2-3,14-17H2,1H3,(H,30,31)(H,32,33)(H2,34,36,38)(H2,35,37,39);1H. The second-order valence-electron chi connectivity index (χ2n) is 9.25. The molecule has 41 heavy (non-hydrogen) atoms. The summed E-state index contributed by atoms with van der Waals surface area (Å²) in [6.45, 7) is 3.43. The molecule has 2 aliphatic heterocycles. The van der Waals surface area contributed by atoms with Crippen LogP contribution in [0.3, 0.4) is 0 Å². The van der Waals surface area contributed by atoms with E-state index in [1.165, 1.54) is 7.11 Å². The monoisotopic (exact) mass is 576 g/mol. The Hall–Kier alpha value is -4.77. The number of nitrogens with zero attached hydrogens (tertiary/aromatic N) is 2. The molecule has 6 N–H and O–H groups in total. The van der Waals surface area contributed by atoms with Gasteiger partial charge in [-0.05, 0) is 79.6 Å². The average molecular weight is 577 g/mol. The fraction of sp³-hybridized carbons (Fsp3) is 0.241. The van der Waals surface area contributed by atoms with E-state index in [1.807, 2.05) is 48.5 Å². The number of anilines is 4. The number of rotatable bonds is 7. The van der Waals surface area contributed by atoms with Gasteiger partial charge < -0.3 is 36.6 Å². The van der Waals surface area contributed by atoms with Crippen molar-refractivity contribution in [1.82, 2.24) is 10.6 Å². The fourth-order valence-electron chi connectivity index (χ4n) is 4.34. The van der Waals surface area contributed by atoms with Crippen LogP contribution in [0.15, 0.2) is 76.7 Å². The van der Waals surface area contributed by atoms with Crippen LogP contribution >= 0.6 is 12.4 Å². The number of halogens is 1. The van der Waals surface area contributed by atoms with Crippen molar-refractivity contribution in [3.05, 3.63) is 77.9 Å². The molecular formula is C29H33ClN8O3. The maximum absolute atomic E-state index is 12.7. The zero-order valence-electron chi connectivity index (χ0n) is 22.6. The minimum atomic E-state index is -0.446.